The van der Waals surface area contributed by atoms with Crippen LogP contribution in [0.5, 0.6) is 0 Å². The van der Waals surface area contributed by atoms with Gasteiger partial charge in [0, 0.05) is 11.6 Å². The first-order valence-corrected chi connectivity index (χ1v) is 5.53. The van der Waals surface area contributed by atoms with Gasteiger partial charge in [-0.05, 0) is 25.1 Å². The molecule has 1 rings (SSSR count). The van der Waals surface area contributed by atoms with Gasteiger partial charge in [-0.3, -0.25) is 4.79 Å². The van der Waals surface area contributed by atoms with Crippen molar-refractivity contribution in [3.8, 4) is 0 Å². The van der Waals surface area contributed by atoms with Crippen molar-refractivity contribution in [2.45, 2.75) is 25.6 Å². The molecule has 3 nitrogen and oxygen atoms in total. The van der Waals surface area contributed by atoms with Gasteiger partial charge >= 0.3 is 12.1 Å². The maximum atomic E-state index is 13.4. The molecule has 0 aliphatic carbocycles. The second-order valence-corrected chi connectivity index (χ2v) is 3.85. The van der Waals surface area contributed by atoms with Gasteiger partial charge in [0.15, 0.2) is 0 Å². The fourth-order valence-corrected chi connectivity index (χ4v) is 1.51. The zero-order chi connectivity index (χ0) is 14.6. The van der Waals surface area contributed by atoms with Crippen LogP contribution in [0.1, 0.15) is 30.5 Å². The summed E-state index contributed by atoms with van der Waals surface area (Å²) in [6.45, 7) is 1.70. The minimum absolute atomic E-state index is 0.122. The van der Waals surface area contributed by atoms with Gasteiger partial charge in [0.05, 0.1) is 18.6 Å². The Kier molecular flexibility index (Phi) is 4.88. The Balaban J connectivity index is 2.96. The van der Waals surface area contributed by atoms with Crippen LogP contribution >= 0.6 is 0 Å². The number of halogens is 4. The number of rotatable bonds is 4. The number of nitrogens with two attached hydrogens (primary N) is 1. The molecule has 0 saturated carbocycles. The molecule has 0 spiro atoms. The van der Waals surface area contributed by atoms with E-state index in [2.05, 4.69) is 4.74 Å². The number of alkyl halides is 3. The minimum atomic E-state index is -4.59. The molecule has 2 N–H and O–H groups in total. The predicted octanol–water partition coefficient (Wildman–Crippen LogP) is 2.80. The van der Waals surface area contributed by atoms with Gasteiger partial charge in [-0.15, -0.1) is 0 Å². The van der Waals surface area contributed by atoms with Gasteiger partial charge in [0.25, 0.3) is 0 Å². The van der Waals surface area contributed by atoms with Crippen molar-refractivity contribution in [3.05, 3.63) is 35.1 Å². The molecule has 0 aromatic heterocycles. The summed E-state index contributed by atoms with van der Waals surface area (Å²) < 4.78 is 55.5. The lowest BCUT2D eigenvalue weighted by atomic mass is 10.0. The Labute approximate surface area is 107 Å². The maximum Gasteiger partial charge on any atom is 0.416 e. The Morgan fingerprint density at radius 3 is 2.58 bits per heavy atom. The molecular weight excluding hydrogens is 266 g/mol. The predicted molar refractivity (Wildman–Crippen MR) is 59.6 cm³/mol. The van der Waals surface area contributed by atoms with Gasteiger partial charge in [-0.1, -0.05) is 0 Å². The van der Waals surface area contributed by atoms with Crippen molar-refractivity contribution in [2.24, 2.45) is 5.73 Å². The third-order valence-corrected chi connectivity index (χ3v) is 2.41. The van der Waals surface area contributed by atoms with Gasteiger partial charge < -0.3 is 10.5 Å². The molecule has 0 bridgehead atoms. The molecule has 1 aromatic rings. The summed E-state index contributed by atoms with van der Waals surface area (Å²) in [5, 5.41) is 0. The average Bonchev–Trinajstić information content (AvgIpc) is 2.27. The van der Waals surface area contributed by atoms with Crippen LogP contribution in [0.4, 0.5) is 17.6 Å². The summed E-state index contributed by atoms with van der Waals surface area (Å²) in [5.74, 6) is -1.57. The Bertz CT molecular complexity index is 460. The molecule has 0 unspecified atom stereocenters. The van der Waals surface area contributed by atoms with E-state index in [4.69, 9.17) is 5.73 Å². The monoisotopic (exact) mass is 279 g/mol. The molecule has 0 fully saturated rings. The van der Waals surface area contributed by atoms with Gasteiger partial charge in [0.1, 0.15) is 5.82 Å². The molecule has 1 atom stereocenters. The average molecular weight is 279 g/mol. The first-order chi connectivity index (χ1) is 8.75. The lowest BCUT2D eigenvalue weighted by Gasteiger charge is -2.14. The summed E-state index contributed by atoms with van der Waals surface area (Å²) >= 11 is 0. The molecule has 0 amide bonds. The summed E-state index contributed by atoms with van der Waals surface area (Å²) in [6.07, 6.45) is -4.97. The number of ether oxygens (including phenoxy) is 1. The standard InChI is InChI=1S/C12H13F4NO2/c1-2-19-11(18)6-10(17)8-5-7(12(14,15)16)3-4-9(8)13/h3-5,10H,2,6,17H2,1H3/t10-/m1/s1. The number of carbonyl (C=O) groups excluding carboxylic acids is 1. The lowest BCUT2D eigenvalue weighted by molar-refractivity contribution is -0.143. The molecule has 0 aliphatic heterocycles. The first kappa shape index (κ1) is 15.4. The van der Waals surface area contributed by atoms with Crippen LogP contribution in [-0.4, -0.2) is 12.6 Å². The molecule has 106 valence electrons. The third-order valence-electron chi connectivity index (χ3n) is 2.41. The van der Waals surface area contributed by atoms with Crippen LogP contribution < -0.4 is 5.73 Å². The van der Waals surface area contributed by atoms with Crippen molar-refractivity contribution in [1.29, 1.82) is 0 Å². The first-order valence-electron chi connectivity index (χ1n) is 5.53. The molecule has 0 saturated heterocycles. The van der Waals surface area contributed by atoms with Crippen LogP contribution in [0.2, 0.25) is 0 Å². The molecule has 0 aliphatic rings. The largest absolute Gasteiger partial charge is 0.466 e. The topological polar surface area (TPSA) is 52.3 Å². The van der Waals surface area contributed by atoms with Crippen molar-refractivity contribution in [1.82, 2.24) is 0 Å². The highest BCUT2D eigenvalue weighted by atomic mass is 19.4. The minimum Gasteiger partial charge on any atom is -0.466 e. The quantitative estimate of drug-likeness (QED) is 0.681. The summed E-state index contributed by atoms with van der Waals surface area (Å²) in [6, 6.07) is 0.736. The fourth-order valence-electron chi connectivity index (χ4n) is 1.51. The van der Waals surface area contributed by atoms with Crippen molar-refractivity contribution in [2.75, 3.05) is 6.61 Å². The third kappa shape index (κ3) is 4.20. The maximum absolute atomic E-state index is 13.4. The van der Waals surface area contributed by atoms with E-state index in [0.29, 0.717) is 18.2 Å². The van der Waals surface area contributed by atoms with E-state index in [1.54, 1.807) is 6.92 Å². The molecular formula is C12H13F4NO2. The Hall–Kier alpha value is -1.63. The number of esters is 1. The van der Waals surface area contributed by atoms with Crippen LogP contribution in [0.3, 0.4) is 0 Å². The van der Waals surface area contributed by atoms with E-state index in [-0.39, 0.29) is 18.6 Å². The highest BCUT2D eigenvalue weighted by molar-refractivity contribution is 5.70. The molecule has 1 aromatic carbocycles. The Morgan fingerprint density at radius 1 is 1.42 bits per heavy atom. The van der Waals surface area contributed by atoms with E-state index in [1.807, 2.05) is 0 Å². The van der Waals surface area contributed by atoms with Gasteiger partial charge in [-0.25, -0.2) is 4.39 Å². The van der Waals surface area contributed by atoms with Crippen molar-refractivity contribution < 1.29 is 27.1 Å². The molecule has 0 radical (unpaired) electrons. The van der Waals surface area contributed by atoms with Crippen molar-refractivity contribution >= 4 is 5.97 Å². The second-order valence-electron chi connectivity index (χ2n) is 3.85. The second kappa shape index (κ2) is 6.01. The summed E-state index contributed by atoms with van der Waals surface area (Å²) in [7, 11) is 0. The van der Waals surface area contributed by atoms with Crippen LogP contribution in [-0.2, 0) is 15.7 Å². The lowest BCUT2D eigenvalue weighted by Crippen LogP contribution is -2.19. The van der Waals surface area contributed by atoms with E-state index in [0.717, 1.165) is 0 Å². The fraction of sp³-hybridized carbons (Fsp3) is 0.417. The van der Waals surface area contributed by atoms with Gasteiger partial charge in [-0.2, -0.15) is 13.2 Å². The van der Waals surface area contributed by atoms with Gasteiger partial charge in [0.2, 0.25) is 0 Å². The number of carbonyl (C=O) groups is 1. The van der Waals surface area contributed by atoms with E-state index in [1.165, 1.54) is 0 Å². The number of benzene rings is 1. The zero-order valence-electron chi connectivity index (χ0n) is 10.1. The smallest absolute Gasteiger partial charge is 0.416 e. The molecule has 19 heavy (non-hydrogen) atoms. The zero-order valence-corrected chi connectivity index (χ0v) is 10.1. The van der Waals surface area contributed by atoms with E-state index < -0.39 is 29.6 Å². The SMILES string of the molecule is CCOC(=O)C[C@@H](N)c1cc(C(F)(F)F)ccc1F. The summed E-state index contributed by atoms with van der Waals surface area (Å²) in [5.41, 5.74) is 4.16. The summed E-state index contributed by atoms with van der Waals surface area (Å²) in [4.78, 5) is 11.2. The highest BCUT2D eigenvalue weighted by Crippen LogP contribution is 2.32. The normalized spacial score (nSPS) is 13.2. The Morgan fingerprint density at radius 2 is 2.05 bits per heavy atom. The van der Waals surface area contributed by atoms with E-state index in [9.17, 15) is 22.4 Å². The van der Waals surface area contributed by atoms with Crippen LogP contribution in [0.15, 0.2) is 18.2 Å². The highest BCUT2D eigenvalue weighted by Gasteiger charge is 2.32. The van der Waals surface area contributed by atoms with Crippen LogP contribution in [0.25, 0.3) is 0 Å². The molecule has 0 heterocycles. The van der Waals surface area contributed by atoms with E-state index >= 15 is 0 Å². The van der Waals surface area contributed by atoms with Crippen molar-refractivity contribution in [3.63, 3.8) is 0 Å². The van der Waals surface area contributed by atoms with Crippen LogP contribution in [0, 0.1) is 5.82 Å². The number of hydrogen-bond donors (Lipinski definition) is 1. The molecule has 7 heteroatoms. The number of hydrogen-bond acceptors (Lipinski definition) is 3.